The van der Waals surface area contributed by atoms with Crippen LogP contribution in [0.15, 0.2) is 24.4 Å². The fourth-order valence-electron chi connectivity index (χ4n) is 2.90. The van der Waals surface area contributed by atoms with Crippen LogP contribution < -0.4 is 10.2 Å². The summed E-state index contributed by atoms with van der Waals surface area (Å²) >= 11 is 0. The number of hydrogen-bond acceptors (Lipinski definition) is 5. The van der Waals surface area contributed by atoms with E-state index in [9.17, 15) is 10.1 Å². The molecule has 0 amide bonds. The average Bonchev–Trinajstić information content (AvgIpc) is 2.45. The number of benzene rings is 1. The second kappa shape index (κ2) is 5.29. The average molecular weight is 286 g/mol. The van der Waals surface area contributed by atoms with Gasteiger partial charge in [0, 0.05) is 54.7 Å². The normalized spacial score (nSPS) is 19.0. The summed E-state index contributed by atoms with van der Waals surface area (Å²) in [7, 11) is 0. The number of non-ortho nitro benzene ring substituents is 1. The first-order valence-corrected chi connectivity index (χ1v) is 7.08. The Labute approximate surface area is 122 Å². The Morgan fingerprint density at radius 3 is 2.95 bits per heavy atom. The maximum atomic E-state index is 11.2. The highest BCUT2D eigenvalue weighted by Crippen LogP contribution is 2.33. The first kappa shape index (κ1) is 13.8. The van der Waals surface area contributed by atoms with Crippen LogP contribution in [0.5, 0.6) is 0 Å². The van der Waals surface area contributed by atoms with E-state index in [0.29, 0.717) is 11.4 Å². The molecule has 0 aliphatic carbocycles. The van der Waals surface area contributed by atoms with Crippen LogP contribution in [-0.4, -0.2) is 35.6 Å². The third-order valence-electron chi connectivity index (χ3n) is 3.90. The number of pyridine rings is 1. The zero-order valence-corrected chi connectivity index (χ0v) is 12.2. The predicted molar refractivity (Wildman–Crippen MR) is 82.8 cm³/mol. The van der Waals surface area contributed by atoms with E-state index in [-0.39, 0.29) is 10.6 Å². The maximum absolute atomic E-state index is 11.2. The van der Waals surface area contributed by atoms with Crippen LogP contribution in [0.3, 0.4) is 0 Å². The quantitative estimate of drug-likeness (QED) is 0.677. The van der Waals surface area contributed by atoms with Crippen molar-refractivity contribution >= 4 is 22.1 Å². The van der Waals surface area contributed by atoms with Gasteiger partial charge in [-0.2, -0.15) is 0 Å². The van der Waals surface area contributed by atoms with Crippen molar-refractivity contribution in [3.05, 3.63) is 40.2 Å². The molecule has 1 atom stereocenters. The number of nitrogens with one attached hydrogen (secondary N) is 1. The molecule has 3 rings (SSSR count). The van der Waals surface area contributed by atoms with Crippen molar-refractivity contribution in [3.63, 3.8) is 0 Å². The Kier molecular flexibility index (Phi) is 3.47. The molecule has 1 aromatic carbocycles. The topological polar surface area (TPSA) is 71.3 Å². The molecule has 110 valence electrons. The predicted octanol–water partition coefficient (Wildman–Crippen LogP) is 2.25. The molecular formula is C15H18N4O2. The lowest BCUT2D eigenvalue weighted by Gasteiger charge is -2.34. The number of rotatable bonds is 2. The van der Waals surface area contributed by atoms with Crippen molar-refractivity contribution in [3.8, 4) is 0 Å². The van der Waals surface area contributed by atoms with E-state index in [1.165, 1.54) is 0 Å². The molecule has 1 aromatic heterocycles. The lowest BCUT2D eigenvalue weighted by Crippen LogP contribution is -2.49. The number of piperazine rings is 1. The highest BCUT2D eigenvalue weighted by atomic mass is 16.6. The molecule has 1 fully saturated rings. The molecule has 1 aliphatic heterocycles. The van der Waals surface area contributed by atoms with Gasteiger partial charge in [0.25, 0.3) is 5.69 Å². The lowest BCUT2D eigenvalue weighted by molar-refractivity contribution is -0.383. The van der Waals surface area contributed by atoms with E-state index in [1.54, 1.807) is 12.3 Å². The van der Waals surface area contributed by atoms with E-state index >= 15 is 0 Å². The van der Waals surface area contributed by atoms with Crippen LogP contribution in [0.1, 0.15) is 12.6 Å². The van der Waals surface area contributed by atoms with Crippen molar-refractivity contribution in [1.29, 1.82) is 0 Å². The van der Waals surface area contributed by atoms with E-state index in [2.05, 4.69) is 22.1 Å². The molecule has 6 nitrogen and oxygen atoms in total. The number of nitro benzene ring substituents is 1. The van der Waals surface area contributed by atoms with Gasteiger partial charge in [0.05, 0.1) is 10.3 Å². The first-order chi connectivity index (χ1) is 10.1. The van der Waals surface area contributed by atoms with E-state index in [1.807, 2.05) is 19.1 Å². The summed E-state index contributed by atoms with van der Waals surface area (Å²) in [6, 6.07) is 5.79. The zero-order chi connectivity index (χ0) is 15.0. The smallest absolute Gasteiger partial charge is 0.278 e. The van der Waals surface area contributed by atoms with Crippen LogP contribution in [0, 0.1) is 17.0 Å². The van der Waals surface area contributed by atoms with Crippen molar-refractivity contribution in [1.82, 2.24) is 10.3 Å². The van der Waals surface area contributed by atoms with E-state index in [4.69, 9.17) is 0 Å². The minimum absolute atomic E-state index is 0.115. The highest BCUT2D eigenvalue weighted by Gasteiger charge is 2.21. The van der Waals surface area contributed by atoms with Crippen LogP contribution in [0.4, 0.5) is 11.4 Å². The van der Waals surface area contributed by atoms with Gasteiger partial charge in [0.15, 0.2) is 0 Å². The summed E-state index contributed by atoms with van der Waals surface area (Å²) in [5.74, 6) is 0. The molecule has 1 saturated heterocycles. The Hall–Kier alpha value is -2.21. The fourth-order valence-corrected chi connectivity index (χ4v) is 2.90. The van der Waals surface area contributed by atoms with Crippen LogP contribution in [0.2, 0.25) is 0 Å². The summed E-state index contributed by atoms with van der Waals surface area (Å²) in [5, 5.41) is 16.1. The molecule has 0 bridgehead atoms. The van der Waals surface area contributed by atoms with E-state index in [0.717, 1.165) is 36.4 Å². The minimum atomic E-state index is -0.344. The Bertz CT molecular complexity index is 701. The van der Waals surface area contributed by atoms with Gasteiger partial charge in [-0.25, -0.2) is 0 Å². The highest BCUT2D eigenvalue weighted by molar-refractivity contribution is 5.99. The van der Waals surface area contributed by atoms with Gasteiger partial charge < -0.3 is 10.2 Å². The molecular weight excluding hydrogens is 268 g/mol. The lowest BCUT2D eigenvalue weighted by atomic mass is 10.1. The number of hydrogen-bond donors (Lipinski definition) is 1. The third kappa shape index (κ3) is 2.54. The molecule has 0 saturated carbocycles. The zero-order valence-electron chi connectivity index (χ0n) is 12.2. The van der Waals surface area contributed by atoms with Crippen LogP contribution in [-0.2, 0) is 0 Å². The molecule has 2 aromatic rings. The molecule has 0 spiro atoms. The van der Waals surface area contributed by atoms with E-state index < -0.39 is 0 Å². The SMILES string of the molecule is Cc1cc2c(N3CCN[C@@H](C)C3)ccc([N+](=O)[O-])c2cn1. The Morgan fingerprint density at radius 2 is 2.24 bits per heavy atom. The summed E-state index contributed by atoms with van der Waals surface area (Å²) in [4.78, 5) is 17.4. The van der Waals surface area contributed by atoms with Crippen molar-refractivity contribution in [2.24, 2.45) is 0 Å². The van der Waals surface area contributed by atoms with Crippen molar-refractivity contribution in [2.75, 3.05) is 24.5 Å². The monoisotopic (exact) mass is 286 g/mol. The number of aryl methyl sites for hydroxylation is 1. The van der Waals surface area contributed by atoms with Gasteiger partial charge in [-0.05, 0) is 26.0 Å². The second-order valence-corrected chi connectivity index (χ2v) is 5.53. The number of anilines is 1. The Balaban J connectivity index is 2.17. The molecule has 6 heteroatoms. The van der Waals surface area contributed by atoms with Gasteiger partial charge in [0.1, 0.15) is 0 Å². The molecule has 21 heavy (non-hydrogen) atoms. The molecule has 2 heterocycles. The number of nitro groups is 1. The minimum Gasteiger partial charge on any atom is -0.368 e. The number of fused-ring (bicyclic) bond motifs is 1. The summed E-state index contributed by atoms with van der Waals surface area (Å²) < 4.78 is 0. The van der Waals surface area contributed by atoms with Gasteiger partial charge in [-0.3, -0.25) is 15.1 Å². The number of aromatic nitrogens is 1. The first-order valence-electron chi connectivity index (χ1n) is 7.08. The molecule has 0 radical (unpaired) electrons. The molecule has 0 unspecified atom stereocenters. The van der Waals surface area contributed by atoms with Crippen LogP contribution >= 0.6 is 0 Å². The third-order valence-corrected chi connectivity index (χ3v) is 3.90. The van der Waals surface area contributed by atoms with Gasteiger partial charge in [-0.1, -0.05) is 0 Å². The second-order valence-electron chi connectivity index (χ2n) is 5.53. The van der Waals surface area contributed by atoms with Gasteiger partial charge in [-0.15, -0.1) is 0 Å². The summed E-state index contributed by atoms with van der Waals surface area (Å²) in [6.07, 6.45) is 1.61. The fraction of sp³-hybridized carbons (Fsp3) is 0.400. The standard InChI is InChI=1S/C15H18N4O2/c1-10-7-12-13(8-17-10)15(19(20)21)4-3-14(12)18-6-5-16-11(2)9-18/h3-4,7-8,11,16H,5-6,9H2,1-2H3/t11-/m0/s1. The van der Waals surface area contributed by atoms with Gasteiger partial charge in [0.2, 0.25) is 0 Å². The summed E-state index contributed by atoms with van der Waals surface area (Å²) in [5.41, 5.74) is 2.03. The van der Waals surface area contributed by atoms with Crippen molar-refractivity contribution < 1.29 is 4.92 Å². The summed E-state index contributed by atoms with van der Waals surface area (Å²) in [6.45, 7) is 6.77. The number of nitrogens with zero attached hydrogens (tertiary/aromatic N) is 3. The Morgan fingerprint density at radius 1 is 1.43 bits per heavy atom. The largest absolute Gasteiger partial charge is 0.368 e. The molecule has 1 N–H and O–H groups in total. The van der Waals surface area contributed by atoms with Gasteiger partial charge >= 0.3 is 0 Å². The van der Waals surface area contributed by atoms with Crippen molar-refractivity contribution in [2.45, 2.75) is 19.9 Å². The molecule has 1 aliphatic rings. The van der Waals surface area contributed by atoms with Crippen LogP contribution in [0.25, 0.3) is 10.8 Å². The maximum Gasteiger partial charge on any atom is 0.278 e.